The fourth-order valence-electron chi connectivity index (χ4n) is 2.44. The van der Waals surface area contributed by atoms with E-state index in [-0.39, 0.29) is 18.0 Å². The lowest BCUT2D eigenvalue weighted by Crippen LogP contribution is -2.61. The summed E-state index contributed by atoms with van der Waals surface area (Å²) in [6.45, 7) is 4.45. The fraction of sp³-hybridized carbons (Fsp3) is 0.500. The van der Waals surface area contributed by atoms with Crippen molar-refractivity contribution in [1.82, 2.24) is 15.5 Å². The lowest BCUT2D eigenvalue weighted by Gasteiger charge is -2.38. The summed E-state index contributed by atoms with van der Waals surface area (Å²) in [5.74, 6) is 0.124. The largest absolute Gasteiger partial charge is 0.351 e. The second kappa shape index (κ2) is 5.98. The van der Waals surface area contributed by atoms with Crippen LogP contribution in [-0.4, -0.2) is 43.0 Å². The minimum absolute atomic E-state index is 0.0774. The van der Waals surface area contributed by atoms with Crippen LogP contribution in [0, 0.1) is 0 Å². The molecule has 0 radical (unpaired) electrons. The molecule has 1 aliphatic rings. The van der Waals surface area contributed by atoms with Gasteiger partial charge in [0, 0.05) is 25.7 Å². The van der Waals surface area contributed by atoms with Crippen molar-refractivity contribution in [1.29, 1.82) is 0 Å². The maximum absolute atomic E-state index is 12.0. The molecule has 0 aliphatic carbocycles. The molecule has 0 saturated carbocycles. The first-order valence-electron chi connectivity index (χ1n) is 6.43. The number of hydrogen-bond donors (Lipinski definition) is 2. The van der Waals surface area contributed by atoms with Crippen molar-refractivity contribution >= 4 is 5.91 Å². The number of piperazine rings is 1. The predicted octanol–water partition coefficient (Wildman–Crippen LogP) is 0.595. The Morgan fingerprint density at radius 2 is 2.11 bits per heavy atom. The Hall–Kier alpha value is -1.39. The normalized spacial score (nSPS) is 24.9. The monoisotopic (exact) mass is 247 g/mol. The van der Waals surface area contributed by atoms with Gasteiger partial charge in [0.15, 0.2) is 0 Å². The van der Waals surface area contributed by atoms with E-state index < -0.39 is 0 Å². The Morgan fingerprint density at radius 1 is 1.39 bits per heavy atom. The smallest absolute Gasteiger partial charge is 0.238 e. The van der Waals surface area contributed by atoms with Crippen LogP contribution in [0.2, 0.25) is 0 Å². The van der Waals surface area contributed by atoms with Gasteiger partial charge in [0.05, 0.1) is 0 Å². The first kappa shape index (κ1) is 13.1. The van der Waals surface area contributed by atoms with E-state index in [0.717, 1.165) is 13.1 Å². The van der Waals surface area contributed by atoms with E-state index in [4.69, 9.17) is 0 Å². The molecule has 1 aromatic carbocycles. The number of nitrogens with one attached hydrogen (secondary N) is 2. The predicted molar refractivity (Wildman–Crippen MR) is 72.2 cm³/mol. The van der Waals surface area contributed by atoms with Crippen LogP contribution in [0.1, 0.15) is 12.5 Å². The minimum atomic E-state index is -0.0774. The highest BCUT2D eigenvalue weighted by molar-refractivity contribution is 5.83. The highest BCUT2D eigenvalue weighted by atomic mass is 16.2. The van der Waals surface area contributed by atoms with Crippen LogP contribution in [0.5, 0.6) is 0 Å². The molecule has 0 aromatic heterocycles. The lowest BCUT2D eigenvalue weighted by atomic mass is 10.1. The van der Waals surface area contributed by atoms with E-state index in [1.165, 1.54) is 5.56 Å². The average molecular weight is 247 g/mol. The Bertz CT molecular complexity index is 393. The zero-order valence-electron chi connectivity index (χ0n) is 11.0. The number of likely N-dealkylation sites (N-methyl/N-ethyl adjacent to an activating group) is 1. The summed E-state index contributed by atoms with van der Waals surface area (Å²) >= 11 is 0. The molecule has 2 N–H and O–H groups in total. The second-order valence-corrected chi connectivity index (χ2v) is 4.90. The number of rotatable bonds is 4. The van der Waals surface area contributed by atoms with Gasteiger partial charge in [0.1, 0.15) is 6.04 Å². The van der Waals surface area contributed by atoms with E-state index in [0.29, 0.717) is 6.54 Å². The zero-order valence-corrected chi connectivity index (χ0v) is 11.0. The minimum Gasteiger partial charge on any atom is -0.351 e. The summed E-state index contributed by atoms with van der Waals surface area (Å²) in [5.41, 5.74) is 1.25. The molecular weight excluding hydrogens is 226 g/mol. The van der Waals surface area contributed by atoms with Gasteiger partial charge in [-0.25, -0.2) is 0 Å². The summed E-state index contributed by atoms with van der Waals surface area (Å²) in [6.07, 6.45) is 0. The molecule has 1 amide bonds. The van der Waals surface area contributed by atoms with E-state index >= 15 is 0 Å². The van der Waals surface area contributed by atoms with Crippen molar-refractivity contribution in [3.8, 4) is 0 Å². The summed E-state index contributed by atoms with van der Waals surface area (Å²) < 4.78 is 0. The summed E-state index contributed by atoms with van der Waals surface area (Å²) in [7, 11) is 1.88. The van der Waals surface area contributed by atoms with Gasteiger partial charge < -0.3 is 10.6 Å². The van der Waals surface area contributed by atoms with E-state index in [1.807, 2.05) is 32.2 Å². The van der Waals surface area contributed by atoms with Crippen LogP contribution in [0.25, 0.3) is 0 Å². The van der Waals surface area contributed by atoms with Gasteiger partial charge in [-0.05, 0) is 19.5 Å². The van der Waals surface area contributed by atoms with Crippen molar-refractivity contribution in [2.45, 2.75) is 25.6 Å². The summed E-state index contributed by atoms with van der Waals surface area (Å²) in [5, 5.41) is 6.11. The molecule has 2 unspecified atom stereocenters. The number of nitrogens with zero attached hydrogens (tertiary/aromatic N) is 1. The average Bonchev–Trinajstić information content (AvgIpc) is 2.35. The Labute approximate surface area is 108 Å². The Balaban J connectivity index is 2.09. The quantitative estimate of drug-likeness (QED) is 0.819. The third-order valence-corrected chi connectivity index (χ3v) is 3.27. The van der Waals surface area contributed by atoms with Gasteiger partial charge in [-0.2, -0.15) is 0 Å². The van der Waals surface area contributed by atoms with Crippen LogP contribution in [0.4, 0.5) is 0 Å². The molecule has 2 atom stereocenters. The molecule has 1 fully saturated rings. The van der Waals surface area contributed by atoms with Crippen molar-refractivity contribution in [3.63, 3.8) is 0 Å². The number of benzene rings is 1. The number of carbonyl (C=O) groups excluding carboxylic acids is 1. The van der Waals surface area contributed by atoms with Gasteiger partial charge in [0.25, 0.3) is 0 Å². The molecule has 1 aliphatic heterocycles. The topological polar surface area (TPSA) is 44.4 Å². The van der Waals surface area contributed by atoms with Crippen molar-refractivity contribution in [2.24, 2.45) is 0 Å². The molecule has 4 nitrogen and oxygen atoms in total. The van der Waals surface area contributed by atoms with Gasteiger partial charge in [-0.1, -0.05) is 30.3 Å². The van der Waals surface area contributed by atoms with Crippen LogP contribution in [0.3, 0.4) is 0 Å². The van der Waals surface area contributed by atoms with Gasteiger partial charge in [-0.15, -0.1) is 0 Å². The second-order valence-electron chi connectivity index (χ2n) is 4.90. The molecule has 98 valence electrons. The zero-order chi connectivity index (χ0) is 13.0. The maximum atomic E-state index is 12.0. The van der Waals surface area contributed by atoms with Crippen LogP contribution in [-0.2, 0) is 11.3 Å². The highest BCUT2D eigenvalue weighted by Gasteiger charge is 2.31. The molecular formula is C14H21N3O. The standard InChI is InChI=1S/C14H21N3O/c1-11-9-17(10-12-6-4-3-5-7-12)13(8-15-2)14(18)16-11/h3-7,11,13,15H,8-10H2,1-2H3,(H,16,18). The van der Waals surface area contributed by atoms with E-state index in [1.54, 1.807) is 0 Å². The number of hydrogen-bond acceptors (Lipinski definition) is 3. The molecule has 2 rings (SSSR count). The third-order valence-electron chi connectivity index (χ3n) is 3.27. The van der Waals surface area contributed by atoms with Crippen molar-refractivity contribution in [2.75, 3.05) is 20.1 Å². The molecule has 1 heterocycles. The summed E-state index contributed by atoms with van der Waals surface area (Å²) in [6, 6.07) is 10.4. The molecule has 1 aromatic rings. The number of carbonyl (C=O) groups is 1. The first-order valence-corrected chi connectivity index (χ1v) is 6.43. The Morgan fingerprint density at radius 3 is 2.78 bits per heavy atom. The SMILES string of the molecule is CNCC1C(=O)NC(C)CN1Cc1ccccc1. The third kappa shape index (κ3) is 3.09. The number of amides is 1. The van der Waals surface area contributed by atoms with Gasteiger partial charge >= 0.3 is 0 Å². The summed E-state index contributed by atoms with van der Waals surface area (Å²) in [4.78, 5) is 14.2. The van der Waals surface area contributed by atoms with Gasteiger partial charge in [-0.3, -0.25) is 9.69 Å². The first-order chi connectivity index (χ1) is 8.70. The molecule has 1 saturated heterocycles. The molecule has 0 spiro atoms. The fourth-order valence-corrected chi connectivity index (χ4v) is 2.44. The van der Waals surface area contributed by atoms with E-state index in [2.05, 4.69) is 27.7 Å². The molecule has 0 bridgehead atoms. The lowest BCUT2D eigenvalue weighted by molar-refractivity contribution is -0.130. The van der Waals surface area contributed by atoms with E-state index in [9.17, 15) is 4.79 Å². The van der Waals surface area contributed by atoms with Crippen LogP contribution in [0.15, 0.2) is 30.3 Å². The van der Waals surface area contributed by atoms with Crippen molar-refractivity contribution in [3.05, 3.63) is 35.9 Å². The highest BCUT2D eigenvalue weighted by Crippen LogP contribution is 2.13. The maximum Gasteiger partial charge on any atom is 0.238 e. The molecule has 4 heteroatoms. The van der Waals surface area contributed by atoms with Crippen molar-refractivity contribution < 1.29 is 4.79 Å². The molecule has 18 heavy (non-hydrogen) atoms. The van der Waals surface area contributed by atoms with Crippen LogP contribution >= 0.6 is 0 Å². The van der Waals surface area contributed by atoms with Crippen LogP contribution < -0.4 is 10.6 Å². The Kier molecular flexibility index (Phi) is 4.33. The van der Waals surface area contributed by atoms with Gasteiger partial charge in [0.2, 0.25) is 5.91 Å².